The fourth-order valence-corrected chi connectivity index (χ4v) is 1.06. The quantitative estimate of drug-likeness (QED) is 0.503. The van der Waals surface area contributed by atoms with Gasteiger partial charge in [-0.2, -0.15) is 0 Å². The zero-order chi connectivity index (χ0) is 9.52. The van der Waals surface area contributed by atoms with Crippen molar-refractivity contribution in [1.82, 2.24) is 0 Å². The summed E-state index contributed by atoms with van der Waals surface area (Å²) < 4.78 is 5.01. The fraction of sp³-hybridized carbons (Fsp3) is 0.167. The summed E-state index contributed by atoms with van der Waals surface area (Å²) >= 11 is 0. The lowest BCUT2D eigenvalue weighted by molar-refractivity contribution is 0.291. The highest BCUT2D eigenvalue weighted by Gasteiger charge is 1.91. The lowest BCUT2D eigenvalue weighted by Crippen LogP contribution is -1.84. The van der Waals surface area contributed by atoms with Crippen LogP contribution in [0.1, 0.15) is 12.5 Å². The van der Waals surface area contributed by atoms with E-state index in [4.69, 9.17) is 4.74 Å². The molecule has 0 heterocycles. The minimum Gasteiger partial charge on any atom is -0.498 e. The van der Waals surface area contributed by atoms with Crippen LogP contribution in [0.15, 0.2) is 49.2 Å². The Hall–Kier alpha value is -1.50. The van der Waals surface area contributed by atoms with Gasteiger partial charge in [0.25, 0.3) is 0 Å². The summed E-state index contributed by atoms with van der Waals surface area (Å²) in [5.41, 5.74) is 2.46. The van der Waals surface area contributed by atoms with Crippen LogP contribution in [0.2, 0.25) is 0 Å². The third-order valence-electron chi connectivity index (χ3n) is 1.83. The third-order valence-corrected chi connectivity index (χ3v) is 1.83. The second-order valence-corrected chi connectivity index (χ2v) is 2.75. The van der Waals surface area contributed by atoms with E-state index in [1.165, 1.54) is 17.4 Å². The van der Waals surface area contributed by atoms with Crippen molar-refractivity contribution in [3.8, 4) is 0 Å². The fourth-order valence-electron chi connectivity index (χ4n) is 1.06. The molecule has 1 nitrogen and oxygen atoms in total. The molecule has 68 valence electrons. The van der Waals surface area contributed by atoms with Crippen LogP contribution < -0.4 is 0 Å². The predicted molar refractivity (Wildman–Crippen MR) is 56.2 cm³/mol. The molecule has 0 aliphatic rings. The Morgan fingerprint density at radius 2 is 2.08 bits per heavy atom. The molecule has 0 amide bonds. The molecule has 0 bridgehead atoms. The Balaban J connectivity index is 2.62. The summed E-state index contributed by atoms with van der Waals surface area (Å²) in [6, 6.07) is 10.2. The van der Waals surface area contributed by atoms with Crippen LogP contribution in [0.25, 0.3) is 5.57 Å². The molecule has 0 radical (unpaired) electrons. The Labute approximate surface area is 79.4 Å². The molecule has 0 aliphatic heterocycles. The molecule has 0 saturated heterocycles. The molecule has 13 heavy (non-hydrogen) atoms. The van der Waals surface area contributed by atoms with Gasteiger partial charge in [0.05, 0.1) is 6.26 Å². The van der Waals surface area contributed by atoms with Crippen LogP contribution in [0, 0.1) is 0 Å². The molecule has 0 fully saturated rings. The predicted octanol–water partition coefficient (Wildman–Crippen LogP) is 3.25. The van der Waals surface area contributed by atoms with Gasteiger partial charge >= 0.3 is 0 Å². The molecular formula is C12H14O. The van der Waals surface area contributed by atoms with Crippen molar-refractivity contribution in [3.63, 3.8) is 0 Å². The number of hydrogen-bond donors (Lipinski definition) is 0. The van der Waals surface area contributed by atoms with Crippen molar-refractivity contribution in [2.24, 2.45) is 0 Å². The van der Waals surface area contributed by atoms with Crippen LogP contribution in [-0.4, -0.2) is 6.61 Å². The lowest BCUT2D eigenvalue weighted by Gasteiger charge is -2.00. The summed E-state index contributed by atoms with van der Waals surface area (Å²) in [7, 11) is 0. The van der Waals surface area contributed by atoms with Gasteiger partial charge in [-0.15, -0.1) is 0 Å². The molecule has 0 saturated carbocycles. The largest absolute Gasteiger partial charge is 0.498 e. The number of benzene rings is 1. The topological polar surface area (TPSA) is 9.23 Å². The van der Waals surface area contributed by atoms with E-state index in [0.29, 0.717) is 6.61 Å². The maximum Gasteiger partial charge on any atom is 0.106 e. The molecule has 1 aromatic carbocycles. The zero-order valence-electron chi connectivity index (χ0n) is 7.86. The summed E-state index contributed by atoms with van der Waals surface area (Å²) in [6.07, 6.45) is 3.49. The molecule has 0 aliphatic carbocycles. The van der Waals surface area contributed by atoms with Gasteiger partial charge < -0.3 is 4.74 Å². The van der Waals surface area contributed by atoms with Crippen LogP contribution in [0.5, 0.6) is 0 Å². The van der Waals surface area contributed by atoms with Crippen molar-refractivity contribution >= 4 is 5.57 Å². The maximum atomic E-state index is 5.01. The Morgan fingerprint density at radius 1 is 1.38 bits per heavy atom. The monoisotopic (exact) mass is 174 g/mol. The van der Waals surface area contributed by atoms with E-state index in [0.717, 1.165) is 0 Å². The molecule has 1 heteroatoms. The van der Waals surface area contributed by atoms with Crippen molar-refractivity contribution in [2.45, 2.75) is 6.92 Å². The highest BCUT2D eigenvalue weighted by molar-refractivity contribution is 5.63. The Bertz CT molecular complexity index is 285. The second kappa shape index (κ2) is 5.20. The van der Waals surface area contributed by atoms with E-state index in [9.17, 15) is 0 Å². The average Bonchev–Trinajstić information content (AvgIpc) is 2.19. The number of ether oxygens (including phenoxy) is 1. The van der Waals surface area contributed by atoms with Gasteiger partial charge in [0, 0.05) is 0 Å². The van der Waals surface area contributed by atoms with Crippen LogP contribution >= 0.6 is 0 Å². The van der Waals surface area contributed by atoms with Crippen LogP contribution in [0.3, 0.4) is 0 Å². The van der Waals surface area contributed by atoms with E-state index in [1.54, 1.807) is 0 Å². The van der Waals surface area contributed by atoms with Crippen molar-refractivity contribution in [2.75, 3.05) is 6.61 Å². The van der Waals surface area contributed by atoms with E-state index in [2.05, 4.69) is 25.6 Å². The summed E-state index contributed by atoms with van der Waals surface area (Å²) in [6.45, 7) is 6.14. The van der Waals surface area contributed by atoms with E-state index >= 15 is 0 Å². The van der Waals surface area contributed by atoms with Crippen molar-refractivity contribution in [1.29, 1.82) is 0 Å². The van der Waals surface area contributed by atoms with Gasteiger partial charge in [0.15, 0.2) is 0 Å². The first kappa shape index (κ1) is 9.59. The van der Waals surface area contributed by atoms with Gasteiger partial charge in [0.2, 0.25) is 0 Å². The molecule has 0 atom stereocenters. The highest BCUT2D eigenvalue weighted by atomic mass is 16.5. The van der Waals surface area contributed by atoms with Gasteiger partial charge in [-0.3, -0.25) is 0 Å². The first-order chi connectivity index (χ1) is 6.34. The maximum absolute atomic E-state index is 5.01. The molecular weight excluding hydrogens is 160 g/mol. The van der Waals surface area contributed by atoms with Gasteiger partial charge in [-0.25, -0.2) is 0 Å². The molecule has 1 aromatic rings. The zero-order valence-corrected chi connectivity index (χ0v) is 7.86. The SMILES string of the molecule is C=COC/C=C(/C)c1ccccc1. The summed E-state index contributed by atoms with van der Waals surface area (Å²) in [5.74, 6) is 0. The first-order valence-electron chi connectivity index (χ1n) is 4.29. The molecule has 0 unspecified atom stereocenters. The van der Waals surface area contributed by atoms with E-state index in [-0.39, 0.29) is 0 Å². The molecule has 0 spiro atoms. The minimum absolute atomic E-state index is 0.588. The van der Waals surface area contributed by atoms with Gasteiger partial charge in [-0.1, -0.05) is 36.9 Å². The van der Waals surface area contributed by atoms with Crippen LogP contribution in [-0.2, 0) is 4.74 Å². The van der Waals surface area contributed by atoms with Crippen molar-refractivity contribution < 1.29 is 4.74 Å². The van der Waals surface area contributed by atoms with Crippen LogP contribution in [0.4, 0.5) is 0 Å². The normalized spacial score (nSPS) is 11.0. The van der Waals surface area contributed by atoms with E-state index < -0.39 is 0 Å². The third kappa shape index (κ3) is 3.16. The number of hydrogen-bond acceptors (Lipinski definition) is 1. The minimum atomic E-state index is 0.588. The lowest BCUT2D eigenvalue weighted by atomic mass is 10.1. The van der Waals surface area contributed by atoms with Gasteiger partial charge in [-0.05, 0) is 24.1 Å². The molecule has 0 N–H and O–H groups in total. The summed E-state index contributed by atoms with van der Waals surface area (Å²) in [4.78, 5) is 0. The second-order valence-electron chi connectivity index (χ2n) is 2.75. The first-order valence-corrected chi connectivity index (χ1v) is 4.29. The summed E-state index contributed by atoms with van der Waals surface area (Å²) in [5, 5.41) is 0. The molecule has 1 rings (SSSR count). The molecule has 0 aromatic heterocycles. The van der Waals surface area contributed by atoms with E-state index in [1.807, 2.05) is 24.3 Å². The van der Waals surface area contributed by atoms with Crippen molar-refractivity contribution in [3.05, 3.63) is 54.8 Å². The Morgan fingerprint density at radius 3 is 2.69 bits per heavy atom. The smallest absolute Gasteiger partial charge is 0.106 e. The van der Waals surface area contributed by atoms with Gasteiger partial charge in [0.1, 0.15) is 6.61 Å². The average molecular weight is 174 g/mol. The standard InChI is InChI=1S/C12H14O/c1-3-13-10-9-11(2)12-7-5-4-6-8-12/h3-9H,1,10H2,2H3/b11-9-. The highest BCUT2D eigenvalue weighted by Crippen LogP contribution is 2.11. The number of allylic oxidation sites excluding steroid dienone is 1. The number of rotatable bonds is 4. The Kier molecular flexibility index (Phi) is 3.83.